The average molecular weight is 278 g/mol. The first-order valence-electron chi connectivity index (χ1n) is 6.80. The summed E-state index contributed by atoms with van der Waals surface area (Å²) < 4.78 is 0. The molecule has 1 aliphatic carbocycles. The Morgan fingerprint density at radius 1 is 1.42 bits per heavy atom. The molecule has 0 bridgehead atoms. The molecule has 1 aromatic carbocycles. The van der Waals surface area contributed by atoms with Gasteiger partial charge < -0.3 is 11.1 Å². The Bertz CT molecular complexity index is 461. The van der Waals surface area contributed by atoms with Crippen LogP contribution in [0.25, 0.3) is 0 Å². The minimum absolute atomic E-state index is 0.0230. The van der Waals surface area contributed by atoms with Gasteiger partial charge in [0.2, 0.25) is 0 Å². The standard InChI is InChI=1S/C15H22N2OS/c1-10-8-11(6-7-14(10)16)15(18)17-12-4-3-5-13(9-12)19-2/h6-8,12-13H,3-5,9,16H2,1-2H3,(H,17,18). The smallest absolute Gasteiger partial charge is 0.251 e. The van der Waals surface area contributed by atoms with Crippen LogP contribution in [0, 0.1) is 6.92 Å². The molecule has 19 heavy (non-hydrogen) atoms. The summed E-state index contributed by atoms with van der Waals surface area (Å²) in [5, 5.41) is 3.84. The van der Waals surface area contributed by atoms with Gasteiger partial charge in [0.1, 0.15) is 0 Å². The molecule has 0 heterocycles. The molecular weight excluding hydrogens is 256 g/mol. The monoisotopic (exact) mass is 278 g/mol. The van der Waals surface area contributed by atoms with Crippen molar-refractivity contribution >= 4 is 23.4 Å². The summed E-state index contributed by atoms with van der Waals surface area (Å²) in [6.07, 6.45) is 6.81. The summed E-state index contributed by atoms with van der Waals surface area (Å²) in [5.74, 6) is 0.0230. The largest absolute Gasteiger partial charge is 0.399 e. The van der Waals surface area contributed by atoms with E-state index in [1.807, 2.05) is 24.8 Å². The Kier molecular flexibility index (Phi) is 4.75. The average Bonchev–Trinajstić information content (AvgIpc) is 2.42. The number of carbonyl (C=O) groups is 1. The number of benzene rings is 1. The highest BCUT2D eigenvalue weighted by molar-refractivity contribution is 7.99. The maximum Gasteiger partial charge on any atom is 0.251 e. The number of rotatable bonds is 3. The number of aryl methyl sites for hydroxylation is 1. The third-order valence-electron chi connectivity index (χ3n) is 3.83. The second-order valence-electron chi connectivity index (χ2n) is 5.27. The fourth-order valence-electron chi connectivity index (χ4n) is 2.58. The molecule has 3 N–H and O–H groups in total. The number of nitrogen functional groups attached to an aromatic ring is 1. The highest BCUT2D eigenvalue weighted by Crippen LogP contribution is 2.27. The van der Waals surface area contributed by atoms with Crippen LogP contribution in [0.4, 0.5) is 5.69 Å². The molecule has 2 unspecified atom stereocenters. The SMILES string of the molecule is CSC1CCCC(NC(=O)c2ccc(N)c(C)c2)C1. The van der Waals surface area contributed by atoms with Crippen molar-refractivity contribution in [2.75, 3.05) is 12.0 Å². The van der Waals surface area contributed by atoms with E-state index in [9.17, 15) is 4.79 Å². The zero-order valence-corrected chi connectivity index (χ0v) is 12.4. The maximum atomic E-state index is 12.2. The molecule has 0 aliphatic heterocycles. The van der Waals surface area contributed by atoms with Gasteiger partial charge in [0.25, 0.3) is 5.91 Å². The lowest BCUT2D eigenvalue weighted by molar-refractivity contribution is 0.0928. The summed E-state index contributed by atoms with van der Waals surface area (Å²) in [5.41, 5.74) is 8.17. The highest BCUT2D eigenvalue weighted by atomic mass is 32.2. The Morgan fingerprint density at radius 3 is 2.89 bits per heavy atom. The van der Waals surface area contributed by atoms with Gasteiger partial charge >= 0.3 is 0 Å². The Morgan fingerprint density at radius 2 is 2.21 bits per heavy atom. The zero-order chi connectivity index (χ0) is 13.8. The van der Waals surface area contributed by atoms with E-state index >= 15 is 0 Å². The molecule has 1 aromatic rings. The predicted octanol–water partition coefficient (Wildman–Crippen LogP) is 2.98. The van der Waals surface area contributed by atoms with Gasteiger partial charge in [0.15, 0.2) is 0 Å². The maximum absolute atomic E-state index is 12.2. The third-order valence-corrected chi connectivity index (χ3v) is 4.92. The number of carbonyl (C=O) groups excluding carboxylic acids is 1. The highest BCUT2D eigenvalue weighted by Gasteiger charge is 2.22. The molecule has 2 atom stereocenters. The number of thioether (sulfide) groups is 1. The van der Waals surface area contributed by atoms with Crippen LogP contribution in [0.5, 0.6) is 0 Å². The number of hydrogen-bond acceptors (Lipinski definition) is 3. The van der Waals surface area contributed by atoms with E-state index in [0.717, 1.165) is 24.1 Å². The third kappa shape index (κ3) is 3.66. The molecule has 3 nitrogen and oxygen atoms in total. The van der Waals surface area contributed by atoms with Gasteiger partial charge in [-0.05, 0) is 56.2 Å². The molecule has 4 heteroatoms. The molecule has 1 fully saturated rings. The van der Waals surface area contributed by atoms with E-state index in [1.165, 1.54) is 12.8 Å². The number of anilines is 1. The van der Waals surface area contributed by atoms with E-state index in [1.54, 1.807) is 12.1 Å². The van der Waals surface area contributed by atoms with Crippen LogP contribution in [0.3, 0.4) is 0 Å². The van der Waals surface area contributed by atoms with Crippen LogP contribution in [0.2, 0.25) is 0 Å². The van der Waals surface area contributed by atoms with Crippen LogP contribution in [0.1, 0.15) is 41.6 Å². The summed E-state index contributed by atoms with van der Waals surface area (Å²) >= 11 is 1.91. The van der Waals surface area contributed by atoms with E-state index in [-0.39, 0.29) is 5.91 Å². The number of amides is 1. The van der Waals surface area contributed by atoms with Gasteiger partial charge in [0, 0.05) is 22.5 Å². The molecule has 2 rings (SSSR count). The Hall–Kier alpha value is -1.16. The van der Waals surface area contributed by atoms with Gasteiger partial charge in [-0.25, -0.2) is 0 Å². The van der Waals surface area contributed by atoms with Gasteiger partial charge in [0.05, 0.1) is 0 Å². The van der Waals surface area contributed by atoms with E-state index in [4.69, 9.17) is 5.73 Å². The van der Waals surface area contributed by atoms with E-state index in [0.29, 0.717) is 16.9 Å². The number of nitrogens with one attached hydrogen (secondary N) is 1. The van der Waals surface area contributed by atoms with Crippen molar-refractivity contribution in [3.8, 4) is 0 Å². The molecule has 0 radical (unpaired) electrons. The molecule has 0 spiro atoms. The first kappa shape index (κ1) is 14.3. The fourth-order valence-corrected chi connectivity index (χ4v) is 3.40. The minimum atomic E-state index is 0.0230. The van der Waals surface area contributed by atoms with Crippen molar-refractivity contribution in [1.29, 1.82) is 0 Å². The molecule has 1 aliphatic rings. The summed E-state index contributed by atoms with van der Waals surface area (Å²) in [6.45, 7) is 1.93. The fraction of sp³-hybridized carbons (Fsp3) is 0.533. The normalized spacial score (nSPS) is 23.1. The van der Waals surface area contributed by atoms with Gasteiger partial charge in [-0.15, -0.1) is 0 Å². The van der Waals surface area contributed by atoms with Crippen LogP contribution in [-0.4, -0.2) is 23.5 Å². The molecule has 0 aromatic heterocycles. The lowest BCUT2D eigenvalue weighted by atomic mass is 9.94. The minimum Gasteiger partial charge on any atom is -0.399 e. The van der Waals surface area contributed by atoms with Crippen LogP contribution in [-0.2, 0) is 0 Å². The van der Waals surface area contributed by atoms with Gasteiger partial charge in [-0.3, -0.25) is 4.79 Å². The quantitative estimate of drug-likeness (QED) is 0.836. The first-order chi connectivity index (χ1) is 9.10. The summed E-state index contributed by atoms with van der Waals surface area (Å²) in [6, 6.07) is 5.78. The van der Waals surface area contributed by atoms with Crippen molar-refractivity contribution in [1.82, 2.24) is 5.32 Å². The second kappa shape index (κ2) is 6.33. The molecule has 1 saturated carbocycles. The van der Waals surface area contributed by atoms with Gasteiger partial charge in [-0.2, -0.15) is 11.8 Å². The molecule has 0 saturated heterocycles. The van der Waals surface area contributed by atoms with Crippen molar-refractivity contribution in [2.45, 2.75) is 43.9 Å². The second-order valence-corrected chi connectivity index (χ2v) is 6.40. The molecule has 1 amide bonds. The van der Waals surface area contributed by atoms with Crippen LogP contribution < -0.4 is 11.1 Å². The lowest BCUT2D eigenvalue weighted by Crippen LogP contribution is -2.39. The van der Waals surface area contributed by atoms with Gasteiger partial charge in [-0.1, -0.05) is 6.42 Å². The van der Waals surface area contributed by atoms with Crippen LogP contribution >= 0.6 is 11.8 Å². The Labute approximate surface area is 119 Å². The number of nitrogens with two attached hydrogens (primary N) is 1. The molecule has 104 valence electrons. The van der Waals surface area contributed by atoms with E-state index in [2.05, 4.69) is 11.6 Å². The lowest BCUT2D eigenvalue weighted by Gasteiger charge is -2.28. The predicted molar refractivity (Wildman–Crippen MR) is 82.6 cm³/mol. The van der Waals surface area contributed by atoms with Crippen molar-refractivity contribution < 1.29 is 4.79 Å². The molecular formula is C15H22N2OS. The van der Waals surface area contributed by atoms with E-state index < -0.39 is 0 Å². The summed E-state index contributed by atoms with van der Waals surface area (Å²) in [7, 11) is 0. The van der Waals surface area contributed by atoms with Crippen molar-refractivity contribution in [3.63, 3.8) is 0 Å². The first-order valence-corrected chi connectivity index (χ1v) is 8.08. The van der Waals surface area contributed by atoms with Crippen LogP contribution in [0.15, 0.2) is 18.2 Å². The van der Waals surface area contributed by atoms with Crippen molar-refractivity contribution in [2.24, 2.45) is 0 Å². The topological polar surface area (TPSA) is 55.1 Å². The summed E-state index contributed by atoms with van der Waals surface area (Å²) in [4.78, 5) is 12.2. The number of hydrogen-bond donors (Lipinski definition) is 2. The Balaban J connectivity index is 1.98. The van der Waals surface area contributed by atoms with Crippen molar-refractivity contribution in [3.05, 3.63) is 29.3 Å². The zero-order valence-electron chi connectivity index (χ0n) is 11.6.